The van der Waals surface area contributed by atoms with Gasteiger partial charge < -0.3 is 5.32 Å². The van der Waals surface area contributed by atoms with Crippen LogP contribution in [0.3, 0.4) is 0 Å². The molecule has 0 aromatic rings. The molecular formula is C6H13NO. The summed E-state index contributed by atoms with van der Waals surface area (Å²) in [4.78, 5) is 11.1. The van der Waals surface area contributed by atoms with Crippen LogP contribution in [0, 0.1) is 0 Å². The lowest BCUT2D eigenvalue weighted by Gasteiger charge is -2.04. The predicted molar refractivity (Wildman–Crippen MR) is 33.6 cm³/mol. The zero-order valence-electron chi connectivity index (χ0n) is 9.99. The first-order valence-electron chi connectivity index (χ1n) is 4.90. The third kappa shape index (κ3) is 3.65. The standard InChI is InChI=1S/C6H13NO/c1-4-6(8)7-5(2)3/h5H,4H2,1-3H3,(H,7,8)/i1D3,4D2. The Morgan fingerprint density at radius 2 is 2.62 bits per heavy atom. The predicted octanol–water partition coefficient (Wildman–Crippen LogP) is 0.921. The molecule has 0 saturated heterocycles. The Hall–Kier alpha value is -0.530. The van der Waals surface area contributed by atoms with Crippen molar-refractivity contribution in [2.45, 2.75) is 33.1 Å². The van der Waals surface area contributed by atoms with Crippen LogP contribution >= 0.6 is 0 Å². The molecule has 0 aromatic heterocycles. The van der Waals surface area contributed by atoms with Gasteiger partial charge >= 0.3 is 0 Å². The fraction of sp³-hybridized carbons (Fsp3) is 0.833. The smallest absolute Gasteiger partial charge is 0.219 e. The quantitative estimate of drug-likeness (QED) is 0.577. The molecule has 0 radical (unpaired) electrons. The monoisotopic (exact) mass is 120 g/mol. The fourth-order valence-electron chi connectivity index (χ4n) is 0.298. The van der Waals surface area contributed by atoms with Crippen molar-refractivity contribution in [1.82, 2.24) is 5.32 Å². The molecule has 0 aromatic carbocycles. The largest absolute Gasteiger partial charge is 0.354 e. The molecule has 0 spiro atoms. The highest BCUT2D eigenvalue weighted by molar-refractivity contribution is 5.75. The summed E-state index contributed by atoms with van der Waals surface area (Å²) < 4.78 is 34.6. The molecule has 48 valence electrons. The van der Waals surface area contributed by atoms with E-state index in [1.54, 1.807) is 13.8 Å². The molecule has 8 heavy (non-hydrogen) atoms. The van der Waals surface area contributed by atoms with Crippen LogP contribution in [-0.4, -0.2) is 11.9 Å². The van der Waals surface area contributed by atoms with E-state index in [2.05, 4.69) is 5.32 Å². The molecule has 0 aliphatic rings. The number of carbonyl (C=O) groups excluding carboxylic acids is 1. The molecule has 0 heterocycles. The zero-order valence-corrected chi connectivity index (χ0v) is 4.99. The van der Waals surface area contributed by atoms with Crippen LogP contribution in [0.5, 0.6) is 0 Å². The van der Waals surface area contributed by atoms with Crippen LogP contribution in [0.25, 0.3) is 0 Å². The summed E-state index contributed by atoms with van der Waals surface area (Å²) in [6.07, 6.45) is -2.82. The average Bonchev–Trinajstić information content (AvgIpc) is 1.82. The van der Waals surface area contributed by atoms with Gasteiger partial charge in [-0.1, -0.05) is 6.85 Å². The van der Waals surface area contributed by atoms with E-state index < -0.39 is 19.1 Å². The van der Waals surface area contributed by atoms with Crippen LogP contribution in [0.4, 0.5) is 0 Å². The summed E-state index contributed by atoms with van der Waals surface area (Å²) in [7, 11) is 0. The van der Waals surface area contributed by atoms with E-state index in [1.165, 1.54) is 0 Å². The Balaban J connectivity index is 4.56. The van der Waals surface area contributed by atoms with Gasteiger partial charge in [0.25, 0.3) is 0 Å². The first kappa shape index (κ1) is 2.38. The molecule has 0 bridgehead atoms. The Morgan fingerprint density at radius 1 is 2.00 bits per heavy atom. The summed E-state index contributed by atoms with van der Waals surface area (Å²) in [6.45, 7) is 0.340. The molecular weight excluding hydrogens is 102 g/mol. The van der Waals surface area contributed by atoms with Gasteiger partial charge in [0, 0.05) is 19.3 Å². The fourth-order valence-corrected chi connectivity index (χ4v) is 0.298. The Bertz CT molecular complexity index is 198. The Morgan fingerprint density at radius 3 is 3.00 bits per heavy atom. The lowest BCUT2D eigenvalue weighted by Crippen LogP contribution is -2.29. The molecule has 0 aliphatic heterocycles. The van der Waals surface area contributed by atoms with Crippen LogP contribution in [0.1, 0.15) is 33.9 Å². The number of hydrogen-bond donors (Lipinski definition) is 1. The molecule has 0 aliphatic carbocycles. The number of amides is 1. The van der Waals surface area contributed by atoms with Crippen LogP contribution in [0.2, 0.25) is 0 Å². The van der Waals surface area contributed by atoms with Crippen molar-refractivity contribution in [1.29, 1.82) is 0 Å². The number of rotatable bonds is 2. The van der Waals surface area contributed by atoms with Crippen molar-refractivity contribution in [3.63, 3.8) is 0 Å². The molecule has 0 atom stereocenters. The van der Waals surface area contributed by atoms with Crippen molar-refractivity contribution in [3.8, 4) is 0 Å². The lowest BCUT2D eigenvalue weighted by atomic mass is 10.3. The highest BCUT2D eigenvalue weighted by atomic mass is 16.1. The van der Waals surface area contributed by atoms with Crippen molar-refractivity contribution in [2.75, 3.05) is 0 Å². The zero-order chi connectivity index (χ0) is 10.9. The molecule has 1 N–H and O–H groups in total. The number of hydrogen-bond acceptors (Lipinski definition) is 1. The molecule has 0 unspecified atom stereocenters. The second-order valence-electron chi connectivity index (χ2n) is 1.75. The third-order valence-corrected chi connectivity index (χ3v) is 0.533. The maximum Gasteiger partial charge on any atom is 0.219 e. The van der Waals surface area contributed by atoms with Gasteiger partial charge in [0.2, 0.25) is 5.91 Å². The summed E-state index contributed by atoms with van der Waals surface area (Å²) in [5.74, 6) is -1.09. The Kier molecular flexibility index (Phi) is 1.03. The molecule has 2 heteroatoms. The van der Waals surface area contributed by atoms with E-state index in [-0.39, 0.29) is 6.04 Å². The maximum atomic E-state index is 11.1. The first-order valence-corrected chi connectivity index (χ1v) is 2.40. The van der Waals surface area contributed by atoms with E-state index in [0.717, 1.165) is 0 Å². The number of nitrogens with one attached hydrogen (secondary N) is 1. The van der Waals surface area contributed by atoms with Gasteiger partial charge in [0.1, 0.15) is 0 Å². The van der Waals surface area contributed by atoms with Gasteiger partial charge in [-0.2, -0.15) is 0 Å². The maximum absolute atomic E-state index is 11.1. The summed E-state index contributed by atoms with van der Waals surface area (Å²) in [6, 6.07) is -0.273. The molecule has 2 nitrogen and oxygen atoms in total. The highest BCUT2D eigenvalue weighted by Crippen LogP contribution is 1.79. The minimum Gasteiger partial charge on any atom is -0.354 e. The van der Waals surface area contributed by atoms with Gasteiger partial charge in [-0.25, -0.2) is 0 Å². The van der Waals surface area contributed by atoms with Crippen LogP contribution in [-0.2, 0) is 4.79 Å². The molecule has 0 saturated carbocycles. The first-order chi connectivity index (χ1) is 5.59. The van der Waals surface area contributed by atoms with Gasteiger partial charge in [0.15, 0.2) is 0 Å². The highest BCUT2D eigenvalue weighted by Gasteiger charge is 1.96. The van der Waals surface area contributed by atoms with E-state index >= 15 is 0 Å². The van der Waals surface area contributed by atoms with Crippen LogP contribution in [0.15, 0.2) is 0 Å². The van der Waals surface area contributed by atoms with Crippen molar-refractivity contribution in [3.05, 3.63) is 0 Å². The SMILES string of the molecule is [2H]C([2H])([2H])C([2H])([2H])C(=O)NC(C)C. The van der Waals surface area contributed by atoms with E-state index in [0.29, 0.717) is 0 Å². The third-order valence-electron chi connectivity index (χ3n) is 0.533. The van der Waals surface area contributed by atoms with Gasteiger partial charge in [-0.05, 0) is 13.8 Å². The van der Waals surface area contributed by atoms with Crippen molar-refractivity contribution >= 4 is 5.91 Å². The second-order valence-corrected chi connectivity index (χ2v) is 1.75. The summed E-state index contributed by atoms with van der Waals surface area (Å²) in [5, 5.41) is 2.22. The summed E-state index contributed by atoms with van der Waals surface area (Å²) >= 11 is 0. The molecule has 0 rings (SSSR count). The van der Waals surface area contributed by atoms with Gasteiger partial charge in [0.05, 0.1) is 0 Å². The van der Waals surface area contributed by atoms with E-state index in [4.69, 9.17) is 6.85 Å². The molecule has 1 amide bonds. The average molecular weight is 120 g/mol. The molecule has 0 fully saturated rings. The topological polar surface area (TPSA) is 29.1 Å². The van der Waals surface area contributed by atoms with Gasteiger partial charge in [-0.3, -0.25) is 4.79 Å². The second kappa shape index (κ2) is 3.47. The summed E-state index contributed by atoms with van der Waals surface area (Å²) in [5.41, 5.74) is 0. The number of carbonyl (C=O) groups is 1. The minimum absolute atomic E-state index is 0.273. The minimum atomic E-state index is -2.92. The van der Waals surface area contributed by atoms with Gasteiger partial charge in [-0.15, -0.1) is 0 Å². The van der Waals surface area contributed by atoms with E-state index in [1.807, 2.05) is 0 Å². The lowest BCUT2D eigenvalue weighted by molar-refractivity contribution is -0.121. The van der Waals surface area contributed by atoms with Crippen LogP contribution < -0.4 is 5.32 Å². The van der Waals surface area contributed by atoms with E-state index in [9.17, 15) is 4.79 Å². The van der Waals surface area contributed by atoms with Crippen molar-refractivity contribution in [2.24, 2.45) is 0 Å². The Labute approximate surface area is 57.3 Å². The normalized spacial score (nSPS) is 22.1. The van der Waals surface area contributed by atoms with Crippen molar-refractivity contribution < 1.29 is 11.6 Å².